The van der Waals surface area contributed by atoms with E-state index in [9.17, 15) is 0 Å². The largest absolute Gasteiger partial charge is 0.226 e. The Hall–Kier alpha value is -2.56. The summed E-state index contributed by atoms with van der Waals surface area (Å²) in [5.41, 5.74) is 1.87. The lowest BCUT2D eigenvalue weighted by Gasteiger charge is -2.05. The van der Waals surface area contributed by atoms with E-state index in [0.717, 1.165) is 17.6 Å². The Kier molecular flexibility index (Phi) is 5.01. The Morgan fingerprint density at radius 3 is 2.67 bits per heavy atom. The number of benzene rings is 2. The van der Waals surface area contributed by atoms with Crippen molar-refractivity contribution in [2.24, 2.45) is 0 Å². The second-order valence-electron chi connectivity index (χ2n) is 6.12. The first kappa shape index (κ1) is 17.8. The second kappa shape index (κ2) is 7.59. The molecule has 0 N–H and O–H groups in total. The summed E-state index contributed by atoms with van der Waals surface area (Å²) in [6.07, 6.45) is 7.03. The van der Waals surface area contributed by atoms with Gasteiger partial charge in [-0.15, -0.1) is 11.3 Å². The van der Waals surface area contributed by atoms with Crippen LogP contribution in [0, 0.1) is 0 Å². The van der Waals surface area contributed by atoms with Crippen molar-refractivity contribution in [1.82, 2.24) is 15.0 Å². The van der Waals surface area contributed by atoms with Crippen LogP contribution in [0.5, 0.6) is 0 Å². The van der Waals surface area contributed by atoms with Crippen LogP contribution in [0.1, 0.15) is 26.1 Å². The van der Waals surface area contributed by atoms with Crippen LogP contribution in [-0.2, 0) is 0 Å². The van der Waals surface area contributed by atoms with Crippen molar-refractivity contribution in [3.05, 3.63) is 71.8 Å². The van der Waals surface area contributed by atoms with Gasteiger partial charge in [0.2, 0.25) is 5.28 Å². The number of fused-ring (bicyclic) bond motifs is 3. The number of nitrogens with zero attached hydrogens (tertiary/aromatic N) is 3. The summed E-state index contributed by atoms with van der Waals surface area (Å²) in [6.45, 7) is 4.06. The topological polar surface area (TPSA) is 38.7 Å². The van der Waals surface area contributed by atoms with Crippen molar-refractivity contribution in [3.8, 4) is 11.4 Å². The molecule has 0 spiro atoms. The summed E-state index contributed by atoms with van der Waals surface area (Å²) in [6, 6.07) is 14.8. The summed E-state index contributed by atoms with van der Waals surface area (Å²) < 4.78 is 2.49. The molecular formula is C22H18ClN3S. The summed E-state index contributed by atoms with van der Waals surface area (Å²) >= 11 is 7.98. The van der Waals surface area contributed by atoms with Crippen LogP contribution >= 0.6 is 22.9 Å². The molecular weight excluding hydrogens is 374 g/mol. The summed E-state index contributed by atoms with van der Waals surface area (Å²) in [4.78, 5) is 13.3. The Balaban J connectivity index is 1.83. The highest BCUT2D eigenvalue weighted by atomic mass is 35.5. The van der Waals surface area contributed by atoms with Crippen molar-refractivity contribution in [2.75, 3.05) is 0 Å². The van der Waals surface area contributed by atoms with E-state index in [1.54, 1.807) is 11.3 Å². The first-order chi connectivity index (χ1) is 13.2. The van der Waals surface area contributed by atoms with E-state index in [1.165, 1.54) is 20.2 Å². The minimum Gasteiger partial charge on any atom is -0.208 e. The van der Waals surface area contributed by atoms with Gasteiger partial charge in [-0.2, -0.15) is 9.97 Å². The van der Waals surface area contributed by atoms with Gasteiger partial charge in [0.05, 0.1) is 0 Å². The molecule has 0 atom stereocenters. The fraction of sp³-hybridized carbons (Fsp3) is 0.136. The van der Waals surface area contributed by atoms with Gasteiger partial charge in [-0.05, 0) is 37.1 Å². The number of hydrogen-bond acceptors (Lipinski definition) is 4. The fourth-order valence-corrected chi connectivity index (χ4v) is 4.32. The van der Waals surface area contributed by atoms with Crippen molar-refractivity contribution >= 4 is 48.7 Å². The third-order valence-corrected chi connectivity index (χ3v) is 5.65. The molecule has 0 saturated heterocycles. The minimum absolute atomic E-state index is 0.204. The quantitative estimate of drug-likeness (QED) is 0.354. The number of rotatable bonds is 4. The first-order valence-electron chi connectivity index (χ1n) is 8.86. The Morgan fingerprint density at radius 1 is 1.04 bits per heavy atom. The molecule has 0 fully saturated rings. The van der Waals surface area contributed by atoms with Crippen LogP contribution in [0.2, 0.25) is 5.28 Å². The van der Waals surface area contributed by atoms with E-state index in [1.807, 2.05) is 25.1 Å². The lowest BCUT2D eigenvalue weighted by atomic mass is 10.1. The zero-order chi connectivity index (χ0) is 18.8. The van der Waals surface area contributed by atoms with E-state index in [4.69, 9.17) is 11.6 Å². The van der Waals surface area contributed by atoms with Gasteiger partial charge < -0.3 is 0 Å². The fourth-order valence-electron chi connectivity index (χ4n) is 3.02. The maximum atomic E-state index is 6.21. The molecule has 0 amide bonds. The van der Waals surface area contributed by atoms with Gasteiger partial charge in [0.25, 0.3) is 0 Å². The third kappa shape index (κ3) is 3.51. The van der Waals surface area contributed by atoms with Crippen LogP contribution in [0.4, 0.5) is 0 Å². The lowest BCUT2D eigenvalue weighted by Crippen LogP contribution is -1.99. The Bertz CT molecular complexity index is 1190. The molecule has 0 saturated carbocycles. The second-order valence-corrected chi connectivity index (χ2v) is 7.54. The highest BCUT2D eigenvalue weighted by Gasteiger charge is 2.12. The van der Waals surface area contributed by atoms with Crippen molar-refractivity contribution in [3.63, 3.8) is 0 Å². The van der Waals surface area contributed by atoms with Gasteiger partial charge >= 0.3 is 0 Å². The molecule has 0 aliphatic carbocycles. The van der Waals surface area contributed by atoms with Crippen molar-refractivity contribution in [1.29, 1.82) is 0 Å². The highest BCUT2D eigenvalue weighted by molar-refractivity contribution is 7.25. The monoisotopic (exact) mass is 391 g/mol. The molecule has 0 aliphatic heterocycles. The van der Waals surface area contributed by atoms with Crippen LogP contribution in [0.15, 0.2) is 60.7 Å². The molecule has 4 rings (SSSR count). The van der Waals surface area contributed by atoms with E-state index in [-0.39, 0.29) is 5.28 Å². The highest BCUT2D eigenvalue weighted by Crippen LogP contribution is 2.35. The van der Waals surface area contributed by atoms with Gasteiger partial charge in [-0.1, -0.05) is 55.5 Å². The molecule has 134 valence electrons. The maximum Gasteiger partial charge on any atom is 0.226 e. The number of halogens is 1. The van der Waals surface area contributed by atoms with Crippen LogP contribution in [-0.4, -0.2) is 15.0 Å². The van der Waals surface area contributed by atoms with Gasteiger partial charge in [0.15, 0.2) is 11.6 Å². The molecule has 0 aliphatic rings. The average molecular weight is 392 g/mol. The molecule has 0 bridgehead atoms. The van der Waals surface area contributed by atoms with E-state index in [2.05, 4.69) is 64.3 Å². The molecule has 4 aromatic rings. The molecule has 3 nitrogen and oxygen atoms in total. The maximum absolute atomic E-state index is 6.21. The lowest BCUT2D eigenvalue weighted by molar-refractivity contribution is 1.03. The number of allylic oxidation sites excluding steroid dienone is 4. The molecule has 2 aromatic heterocycles. The number of hydrogen-bond donors (Lipinski definition) is 0. The van der Waals surface area contributed by atoms with Crippen molar-refractivity contribution in [2.45, 2.75) is 20.3 Å². The van der Waals surface area contributed by atoms with Gasteiger partial charge in [-0.3, -0.25) is 0 Å². The predicted octanol–water partition coefficient (Wildman–Crippen LogP) is 6.93. The standard InChI is InChI=1S/C22H18ClN3S/c1-3-5-8-14(4-2)20-24-21(26-22(23)25-20)15-11-12-17-16-9-6-7-10-18(16)27-19(17)13-15/h4-13H,3H2,1-2H3/b8-5-,14-4+. The number of aromatic nitrogens is 3. The van der Waals surface area contributed by atoms with Gasteiger partial charge in [-0.25, -0.2) is 4.98 Å². The van der Waals surface area contributed by atoms with Gasteiger partial charge in [0, 0.05) is 31.3 Å². The minimum atomic E-state index is 0.204. The molecule has 5 heteroatoms. The van der Waals surface area contributed by atoms with Crippen LogP contribution in [0.3, 0.4) is 0 Å². The average Bonchev–Trinajstić information content (AvgIpc) is 3.06. The van der Waals surface area contributed by atoms with Crippen LogP contribution < -0.4 is 0 Å². The zero-order valence-electron chi connectivity index (χ0n) is 15.1. The summed E-state index contributed by atoms with van der Waals surface area (Å²) in [7, 11) is 0. The SMILES string of the molecule is C/C=C(\C=C/CC)c1nc(Cl)nc(-c2ccc3c(c2)sc2ccccc23)n1. The normalized spacial score (nSPS) is 12.5. The summed E-state index contributed by atoms with van der Waals surface area (Å²) in [5.74, 6) is 1.18. The molecule has 2 aromatic carbocycles. The third-order valence-electron chi connectivity index (χ3n) is 4.35. The molecule has 2 heterocycles. The van der Waals surface area contributed by atoms with E-state index < -0.39 is 0 Å². The predicted molar refractivity (Wildman–Crippen MR) is 116 cm³/mol. The molecule has 0 unspecified atom stereocenters. The molecule has 0 radical (unpaired) electrons. The van der Waals surface area contributed by atoms with Crippen LogP contribution in [0.25, 0.3) is 37.1 Å². The molecule has 27 heavy (non-hydrogen) atoms. The van der Waals surface area contributed by atoms with E-state index in [0.29, 0.717) is 11.6 Å². The first-order valence-corrected chi connectivity index (χ1v) is 10.1. The van der Waals surface area contributed by atoms with E-state index >= 15 is 0 Å². The number of thiophene rings is 1. The zero-order valence-corrected chi connectivity index (χ0v) is 16.7. The Labute approximate surface area is 167 Å². The smallest absolute Gasteiger partial charge is 0.208 e. The van der Waals surface area contributed by atoms with Crippen molar-refractivity contribution < 1.29 is 0 Å². The van der Waals surface area contributed by atoms with Gasteiger partial charge in [0.1, 0.15) is 0 Å². The summed E-state index contributed by atoms with van der Waals surface area (Å²) in [5, 5.41) is 2.73. The Morgan fingerprint density at radius 2 is 1.85 bits per heavy atom.